The zero-order chi connectivity index (χ0) is 10.1. The van der Waals surface area contributed by atoms with Crippen molar-refractivity contribution in [1.82, 2.24) is 9.55 Å². The highest BCUT2D eigenvalue weighted by Gasteiger charge is 2.01. The lowest BCUT2D eigenvalue weighted by Gasteiger charge is -2.04. The highest BCUT2D eigenvalue weighted by atomic mass is 79.9. The first kappa shape index (κ1) is 9.68. The Kier molecular flexibility index (Phi) is 2.56. The third kappa shape index (κ3) is 1.67. The van der Waals surface area contributed by atoms with E-state index in [1.54, 1.807) is 0 Å². The third-order valence-corrected chi connectivity index (χ3v) is 2.82. The zero-order valence-corrected chi connectivity index (χ0v) is 10.0. The van der Waals surface area contributed by atoms with Gasteiger partial charge in [-0.25, -0.2) is 0 Å². The van der Waals surface area contributed by atoms with Crippen LogP contribution in [0.5, 0.6) is 0 Å². The molecule has 1 aromatic carbocycles. The molecule has 0 fully saturated rings. The van der Waals surface area contributed by atoms with Crippen LogP contribution in [-0.4, -0.2) is 9.55 Å². The molecule has 1 N–H and O–H groups in total. The largest absolute Gasteiger partial charge is 0.337 e. The van der Waals surface area contributed by atoms with E-state index in [1.165, 1.54) is 0 Å². The molecule has 0 unspecified atom stereocenters. The molecule has 0 bridgehead atoms. The number of hydrogen-bond donors (Lipinski definition) is 1. The van der Waals surface area contributed by atoms with Crippen molar-refractivity contribution in [2.75, 3.05) is 0 Å². The Hall–Kier alpha value is -0.870. The van der Waals surface area contributed by atoms with Gasteiger partial charge in [0, 0.05) is 22.1 Å². The number of imidazole rings is 1. The van der Waals surface area contributed by atoms with Crippen molar-refractivity contribution >= 4 is 28.1 Å². The SMILES string of the molecule is Cc1c[nH]c(=S)n1-c1cccc(Br)c1. The number of H-pyrrole nitrogens is 1. The average molecular weight is 269 g/mol. The predicted octanol–water partition coefficient (Wildman–Crippen LogP) is 3.61. The van der Waals surface area contributed by atoms with Gasteiger partial charge in [-0.05, 0) is 37.3 Å². The number of rotatable bonds is 1. The summed E-state index contributed by atoms with van der Waals surface area (Å²) < 4.78 is 3.78. The minimum absolute atomic E-state index is 0.723. The summed E-state index contributed by atoms with van der Waals surface area (Å²) in [5.41, 5.74) is 2.18. The lowest BCUT2D eigenvalue weighted by molar-refractivity contribution is 0.984. The molecule has 0 saturated carbocycles. The van der Waals surface area contributed by atoms with Gasteiger partial charge in [0.25, 0.3) is 0 Å². The molecule has 0 saturated heterocycles. The van der Waals surface area contributed by atoms with Gasteiger partial charge in [0.15, 0.2) is 4.77 Å². The Bertz CT molecular complexity index is 513. The first-order chi connectivity index (χ1) is 6.68. The van der Waals surface area contributed by atoms with Gasteiger partial charge in [-0.15, -0.1) is 0 Å². The van der Waals surface area contributed by atoms with Crippen molar-refractivity contribution in [1.29, 1.82) is 0 Å². The molecule has 1 aromatic heterocycles. The first-order valence-electron chi connectivity index (χ1n) is 4.21. The van der Waals surface area contributed by atoms with E-state index in [0.29, 0.717) is 0 Å². The Morgan fingerprint density at radius 3 is 2.79 bits per heavy atom. The number of halogens is 1. The van der Waals surface area contributed by atoms with E-state index in [9.17, 15) is 0 Å². The summed E-state index contributed by atoms with van der Waals surface area (Å²) in [6.45, 7) is 2.02. The molecule has 2 aromatic rings. The summed E-state index contributed by atoms with van der Waals surface area (Å²) in [5, 5.41) is 0. The molecule has 0 aliphatic carbocycles. The maximum Gasteiger partial charge on any atom is 0.182 e. The summed E-state index contributed by atoms with van der Waals surface area (Å²) in [4.78, 5) is 3.02. The fourth-order valence-electron chi connectivity index (χ4n) is 1.39. The third-order valence-electron chi connectivity index (χ3n) is 2.03. The molecular weight excluding hydrogens is 260 g/mol. The van der Waals surface area contributed by atoms with Crippen LogP contribution in [0.1, 0.15) is 5.69 Å². The van der Waals surface area contributed by atoms with E-state index in [-0.39, 0.29) is 0 Å². The molecule has 0 aliphatic heterocycles. The normalized spacial score (nSPS) is 10.4. The number of aromatic nitrogens is 2. The van der Waals surface area contributed by atoms with Crippen molar-refractivity contribution < 1.29 is 0 Å². The van der Waals surface area contributed by atoms with Crippen LogP contribution in [-0.2, 0) is 0 Å². The summed E-state index contributed by atoms with van der Waals surface area (Å²) in [5.74, 6) is 0. The Morgan fingerprint density at radius 2 is 2.21 bits per heavy atom. The van der Waals surface area contributed by atoms with Crippen LogP contribution in [0.2, 0.25) is 0 Å². The molecule has 0 spiro atoms. The molecule has 1 heterocycles. The second-order valence-electron chi connectivity index (χ2n) is 3.05. The van der Waals surface area contributed by atoms with Gasteiger partial charge in [-0.1, -0.05) is 22.0 Å². The van der Waals surface area contributed by atoms with Crippen LogP contribution in [0, 0.1) is 11.7 Å². The van der Waals surface area contributed by atoms with Crippen LogP contribution in [0.15, 0.2) is 34.9 Å². The Balaban J connectivity index is 2.66. The van der Waals surface area contributed by atoms with Crippen molar-refractivity contribution in [2.45, 2.75) is 6.92 Å². The van der Waals surface area contributed by atoms with E-state index < -0.39 is 0 Å². The van der Waals surface area contributed by atoms with Gasteiger partial charge in [-0.3, -0.25) is 4.57 Å². The highest BCUT2D eigenvalue weighted by molar-refractivity contribution is 9.10. The number of hydrogen-bond acceptors (Lipinski definition) is 1. The minimum Gasteiger partial charge on any atom is -0.337 e. The number of benzene rings is 1. The van der Waals surface area contributed by atoms with E-state index in [2.05, 4.69) is 20.9 Å². The summed E-state index contributed by atoms with van der Waals surface area (Å²) in [6, 6.07) is 8.06. The molecular formula is C10H9BrN2S. The first-order valence-corrected chi connectivity index (χ1v) is 5.41. The summed E-state index contributed by atoms with van der Waals surface area (Å²) >= 11 is 8.63. The van der Waals surface area contributed by atoms with E-state index in [1.807, 2.05) is 42.0 Å². The van der Waals surface area contributed by atoms with E-state index >= 15 is 0 Å². The maximum atomic E-state index is 5.19. The molecule has 0 amide bonds. The number of aryl methyl sites for hydroxylation is 1. The monoisotopic (exact) mass is 268 g/mol. The van der Waals surface area contributed by atoms with Crippen molar-refractivity contribution in [3.05, 3.63) is 45.4 Å². The molecule has 72 valence electrons. The van der Waals surface area contributed by atoms with E-state index in [0.717, 1.165) is 20.6 Å². The van der Waals surface area contributed by atoms with Gasteiger partial charge >= 0.3 is 0 Å². The van der Waals surface area contributed by atoms with Crippen molar-refractivity contribution in [3.8, 4) is 5.69 Å². The smallest absolute Gasteiger partial charge is 0.182 e. The van der Waals surface area contributed by atoms with Crippen LogP contribution in [0.25, 0.3) is 5.69 Å². The summed E-state index contributed by atoms with van der Waals surface area (Å²) in [7, 11) is 0. The average Bonchev–Trinajstić information content (AvgIpc) is 2.46. The van der Waals surface area contributed by atoms with Crippen LogP contribution < -0.4 is 0 Å². The zero-order valence-electron chi connectivity index (χ0n) is 7.62. The van der Waals surface area contributed by atoms with Crippen LogP contribution in [0.3, 0.4) is 0 Å². The lowest BCUT2D eigenvalue weighted by Crippen LogP contribution is -1.95. The quantitative estimate of drug-likeness (QED) is 0.784. The molecule has 2 nitrogen and oxygen atoms in total. The highest BCUT2D eigenvalue weighted by Crippen LogP contribution is 2.17. The lowest BCUT2D eigenvalue weighted by atomic mass is 10.3. The Morgan fingerprint density at radius 1 is 1.43 bits per heavy atom. The number of nitrogens with one attached hydrogen (secondary N) is 1. The van der Waals surface area contributed by atoms with Gasteiger partial charge in [0.05, 0.1) is 0 Å². The Labute approximate surface area is 95.7 Å². The van der Waals surface area contributed by atoms with Gasteiger partial charge < -0.3 is 4.98 Å². The topological polar surface area (TPSA) is 20.7 Å². The van der Waals surface area contributed by atoms with Crippen LogP contribution >= 0.6 is 28.1 Å². The van der Waals surface area contributed by atoms with Gasteiger partial charge in [0.2, 0.25) is 0 Å². The molecule has 0 radical (unpaired) electrons. The second-order valence-corrected chi connectivity index (χ2v) is 4.35. The summed E-state index contributed by atoms with van der Waals surface area (Å²) in [6.07, 6.45) is 1.91. The minimum atomic E-state index is 0.723. The van der Waals surface area contributed by atoms with Crippen LogP contribution in [0.4, 0.5) is 0 Å². The van der Waals surface area contributed by atoms with Gasteiger partial charge in [0.1, 0.15) is 0 Å². The predicted molar refractivity (Wildman–Crippen MR) is 63.4 cm³/mol. The molecule has 0 aliphatic rings. The molecule has 2 rings (SSSR count). The number of nitrogens with zero attached hydrogens (tertiary/aromatic N) is 1. The second kappa shape index (κ2) is 3.71. The molecule has 0 atom stereocenters. The maximum absolute atomic E-state index is 5.19. The van der Waals surface area contributed by atoms with E-state index in [4.69, 9.17) is 12.2 Å². The van der Waals surface area contributed by atoms with Crippen molar-refractivity contribution in [2.24, 2.45) is 0 Å². The standard InChI is InChI=1S/C10H9BrN2S/c1-7-6-12-10(14)13(7)9-4-2-3-8(11)5-9/h2-6H,1H3,(H,12,14). The van der Waals surface area contributed by atoms with Crippen molar-refractivity contribution in [3.63, 3.8) is 0 Å². The molecule has 14 heavy (non-hydrogen) atoms. The van der Waals surface area contributed by atoms with Gasteiger partial charge in [-0.2, -0.15) is 0 Å². The fourth-order valence-corrected chi connectivity index (χ4v) is 2.09. The number of aromatic amines is 1. The fraction of sp³-hybridized carbons (Fsp3) is 0.100. The molecule has 4 heteroatoms.